The first-order chi connectivity index (χ1) is 5.74. The molecule has 68 valence electrons. The molecule has 0 aromatic heterocycles. The van der Waals surface area contributed by atoms with E-state index in [1.165, 1.54) is 7.11 Å². The third kappa shape index (κ3) is 2.54. The maximum atomic E-state index is 11.0. The third-order valence-electron chi connectivity index (χ3n) is 1.87. The van der Waals surface area contributed by atoms with Gasteiger partial charge < -0.3 is 4.74 Å². The number of rotatable bonds is 3. The van der Waals surface area contributed by atoms with Crippen LogP contribution >= 0.6 is 8.03 Å². The molecule has 0 amide bonds. The summed E-state index contributed by atoms with van der Waals surface area (Å²) in [6, 6.07) is 0. The SMILES string of the molecule is COC(=O)[P+](=O)OC1CCCC1. The Morgan fingerprint density at radius 3 is 2.50 bits per heavy atom. The molecule has 1 saturated carbocycles. The summed E-state index contributed by atoms with van der Waals surface area (Å²) in [4.78, 5) is 10.7. The molecule has 0 heterocycles. The molecule has 4 nitrogen and oxygen atoms in total. The van der Waals surface area contributed by atoms with E-state index in [0.29, 0.717) is 0 Å². The molecular formula is C7H12O4P+. The third-order valence-corrected chi connectivity index (χ3v) is 2.84. The van der Waals surface area contributed by atoms with Gasteiger partial charge in [0.1, 0.15) is 6.10 Å². The zero-order valence-corrected chi connectivity index (χ0v) is 7.88. The van der Waals surface area contributed by atoms with Crippen LogP contribution < -0.4 is 0 Å². The van der Waals surface area contributed by atoms with Gasteiger partial charge in [0.25, 0.3) is 0 Å². The summed E-state index contributed by atoms with van der Waals surface area (Å²) in [6.45, 7) is 0. The summed E-state index contributed by atoms with van der Waals surface area (Å²) >= 11 is 0. The molecule has 0 radical (unpaired) electrons. The molecule has 5 heteroatoms. The van der Waals surface area contributed by atoms with Crippen molar-refractivity contribution in [3.05, 3.63) is 0 Å². The number of hydrogen-bond acceptors (Lipinski definition) is 4. The van der Waals surface area contributed by atoms with E-state index in [1.807, 2.05) is 0 Å². The summed E-state index contributed by atoms with van der Waals surface area (Å²) in [7, 11) is -1.06. The Hall–Kier alpha value is -0.470. The Morgan fingerprint density at radius 1 is 1.42 bits per heavy atom. The summed E-state index contributed by atoms with van der Waals surface area (Å²) in [6.07, 6.45) is 3.98. The molecule has 0 aromatic carbocycles. The lowest BCUT2D eigenvalue weighted by molar-refractivity contribution is 0.180. The fourth-order valence-corrected chi connectivity index (χ4v) is 1.96. The highest BCUT2D eigenvalue weighted by Gasteiger charge is 2.37. The van der Waals surface area contributed by atoms with Crippen LogP contribution in [0.15, 0.2) is 0 Å². The standard InChI is InChI=1S/C7H12O4P/c1-10-7(8)12(9)11-6-4-2-3-5-6/h6H,2-5H2,1H3/q+1. The highest BCUT2D eigenvalue weighted by molar-refractivity contribution is 7.58. The van der Waals surface area contributed by atoms with Crippen LogP contribution in [0.2, 0.25) is 0 Å². The van der Waals surface area contributed by atoms with Crippen LogP contribution in [-0.4, -0.2) is 18.9 Å². The highest BCUT2D eigenvalue weighted by Crippen LogP contribution is 2.33. The number of methoxy groups -OCH3 is 1. The van der Waals surface area contributed by atoms with Crippen molar-refractivity contribution >= 4 is 13.7 Å². The zero-order valence-electron chi connectivity index (χ0n) is 6.99. The molecule has 0 saturated heterocycles. The maximum Gasteiger partial charge on any atom is 0.636 e. The Morgan fingerprint density at radius 2 is 2.00 bits per heavy atom. The summed E-state index contributed by atoms with van der Waals surface area (Å²) < 4.78 is 20.3. The van der Waals surface area contributed by atoms with Crippen molar-refractivity contribution in [1.29, 1.82) is 0 Å². The van der Waals surface area contributed by atoms with Crippen LogP contribution in [-0.2, 0) is 13.8 Å². The van der Waals surface area contributed by atoms with E-state index in [2.05, 4.69) is 4.74 Å². The summed E-state index contributed by atoms with van der Waals surface area (Å²) in [5, 5.41) is 0. The normalized spacial score (nSPS) is 19.2. The van der Waals surface area contributed by atoms with Gasteiger partial charge in [-0.15, -0.1) is 4.52 Å². The van der Waals surface area contributed by atoms with Gasteiger partial charge in [-0.25, -0.2) is 0 Å². The van der Waals surface area contributed by atoms with Gasteiger partial charge in [0, 0.05) is 0 Å². The van der Waals surface area contributed by atoms with Gasteiger partial charge in [-0.1, -0.05) is 12.8 Å². The van der Waals surface area contributed by atoms with Gasteiger partial charge in [-0.3, -0.25) is 0 Å². The lowest BCUT2D eigenvalue weighted by Gasteiger charge is -1.96. The van der Waals surface area contributed by atoms with E-state index in [0.717, 1.165) is 25.7 Å². The summed E-state index contributed by atoms with van der Waals surface area (Å²) in [5.74, 6) is 0. The first-order valence-electron chi connectivity index (χ1n) is 3.96. The molecule has 1 atom stereocenters. The van der Waals surface area contributed by atoms with Crippen LogP contribution in [0.5, 0.6) is 0 Å². The van der Waals surface area contributed by atoms with Crippen molar-refractivity contribution in [3.8, 4) is 0 Å². The number of carbonyl (C=O) groups excluding carboxylic acids is 1. The molecule has 0 bridgehead atoms. The molecule has 1 aliphatic carbocycles. The minimum atomic E-state index is -2.26. The second kappa shape index (κ2) is 4.53. The molecule has 1 rings (SSSR count). The van der Waals surface area contributed by atoms with Gasteiger partial charge in [0.05, 0.1) is 7.11 Å². The summed E-state index contributed by atoms with van der Waals surface area (Å²) in [5.41, 5.74) is -0.767. The van der Waals surface area contributed by atoms with Gasteiger partial charge in [-0.2, -0.15) is 4.79 Å². The molecule has 0 spiro atoms. The molecule has 0 aliphatic heterocycles. The van der Waals surface area contributed by atoms with Crippen LogP contribution in [0.3, 0.4) is 0 Å². The average molecular weight is 191 g/mol. The largest absolute Gasteiger partial charge is 0.636 e. The molecule has 1 unspecified atom stereocenters. The van der Waals surface area contributed by atoms with Crippen molar-refractivity contribution in [2.75, 3.05) is 7.11 Å². The molecule has 0 aromatic rings. The number of hydrogen-bond donors (Lipinski definition) is 0. The Labute approximate surface area is 72.1 Å². The van der Waals surface area contributed by atoms with Crippen LogP contribution in [0.1, 0.15) is 25.7 Å². The van der Waals surface area contributed by atoms with E-state index in [-0.39, 0.29) is 6.10 Å². The predicted octanol–water partition coefficient (Wildman–Crippen LogP) is 2.45. The first kappa shape index (κ1) is 9.62. The van der Waals surface area contributed by atoms with Crippen LogP contribution in [0, 0.1) is 0 Å². The Balaban J connectivity index is 2.29. The fourth-order valence-electron chi connectivity index (χ4n) is 1.25. The van der Waals surface area contributed by atoms with Gasteiger partial charge in [-0.05, 0) is 17.4 Å². The molecule has 0 N–H and O–H groups in total. The van der Waals surface area contributed by atoms with Crippen molar-refractivity contribution in [3.63, 3.8) is 0 Å². The van der Waals surface area contributed by atoms with Crippen molar-refractivity contribution in [2.24, 2.45) is 0 Å². The second-order valence-corrected chi connectivity index (χ2v) is 3.83. The second-order valence-electron chi connectivity index (χ2n) is 2.74. The van der Waals surface area contributed by atoms with Crippen molar-refractivity contribution in [2.45, 2.75) is 31.8 Å². The molecular weight excluding hydrogens is 179 g/mol. The van der Waals surface area contributed by atoms with E-state index in [9.17, 15) is 9.36 Å². The van der Waals surface area contributed by atoms with Crippen molar-refractivity contribution < 1.29 is 18.6 Å². The van der Waals surface area contributed by atoms with Gasteiger partial charge >= 0.3 is 13.7 Å². The molecule has 1 aliphatic rings. The van der Waals surface area contributed by atoms with Gasteiger partial charge in [0.2, 0.25) is 0 Å². The number of ether oxygens (including phenoxy) is 1. The van der Waals surface area contributed by atoms with E-state index in [1.54, 1.807) is 0 Å². The molecule has 12 heavy (non-hydrogen) atoms. The zero-order chi connectivity index (χ0) is 8.97. The molecule has 1 fully saturated rings. The fraction of sp³-hybridized carbons (Fsp3) is 0.857. The monoisotopic (exact) mass is 191 g/mol. The lowest BCUT2D eigenvalue weighted by atomic mass is 10.3. The predicted molar refractivity (Wildman–Crippen MR) is 43.4 cm³/mol. The van der Waals surface area contributed by atoms with Crippen LogP contribution in [0.25, 0.3) is 0 Å². The number of carbonyl (C=O) groups is 1. The van der Waals surface area contributed by atoms with E-state index in [4.69, 9.17) is 4.52 Å². The Bertz CT molecular complexity index is 186. The van der Waals surface area contributed by atoms with E-state index < -0.39 is 13.7 Å². The quantitative estimate of drug-likeness (QED) is 0.643. The smallest absolute Gasteiger partial charge is 0.429 e. The first-order valence-corrected chi connectivity index (χ1v) is 5.13. The van der Waals surface area contributed by atoms with Crippen molar-refractivity contribution in [1.82, 2.24) is 0 Å². The average Bonchev–Trinajstić information content (AvgIpc) is 2.55. The maximum absolute atomic E-state index is 11.0. The highest BCUT2D eigenvalue weighted by atomic mass is 31.1. The van der Waals surface area contributed by atoms with Crippen LogP contribution in [0.4, 0.5) is 4.79 Å². The topological polar surface area (TPSA) is 52.6 Å². The van der Waals surface area contributed by atoms with E-state index >= 15 is 0 Å². The minimum Gasteiger partial charge on any atom is -0.429 e. The minimum absolute atomic E-state index is 0.00675. The lowest BCUT2D eigenvalue weighted by Crippen LogP contribution is -2.04. The Kier molecular flexibility index (Phi) is 3.63. The van der Waals surface area contributed by atoms with Gasteiger partial charge in [0.15, 0.2) is 0 Å².